The van der Waals surface area contributed by atoms with Crippen molar-refractivity contribution >= 4 is 38.8 Å². The van der Waals surface area contributed by atoms with Crippen LogP contribution in [0.5, 0.6) is 0 Å². The highest BCUT2D eigenvalue weighted by atomic mass is 32.1. The molecule has 3 aromatic rings. The Balaban J connectivity index is 1.36. The first kappa shape index (κ1) is 17.6. The highest BCUT2D eigenvalue weighted by Crippen LogP contribution is 2.25. The summed E-state index contributed by atoms with van der Waals surface area (Å²) in [5.41, 5.74) is 2.33. The molecule has 136 valence electrons. The predicted molar refractivity (Wildman–Crippen MR) is 109 cm³/mol. The van der Waals surface area contributed by atoms with Gasteiger partial charge in [0.15, 0.2) is 0 Å². The number of benzene rings is 1. The SMILES string of the molecule is CCc1sc(C(=O)N2CCN(Cc3nc4ccccc4s3)CC2)cc1C. The number of thiophene rings is 1. The number of amides is 1. The molecule has 1 fully saturated rings. The molecular formula is C20H23N3OS2. The van der Waals surface area contributed by atoms with E-state index in [-0.39, 0.29) is 5.91 Å². The van der Waals surface area contributed by atoms with Crippen LogP contribution in [0.3, 0.4) is 0 Å². The van der Waals surface area contributed by atoms with Gasteiger partial charge in [0.25, 0.3) is 5.91 Å². The Kier molecular flexibility index (Phi) is 5.07. The second kappa shape index (κ2) is 7.47. The summed E-state index contributed by atoms with van der Waals surface area (Å²) in [5, 5.41) is 1.16. The molecule has 1 aliphatic heterocycles. The van der Waals surface area contributed by atoms with Gasteiger partial charge in [-0.05, 0) is 37.1 Å². The molecule has 4 nitrogen and oxygen atoms in total. The van der Waals surface area contributed by atoms with E-state index in [1.165, 1.54) is 15.1 Å². The first-order valence-corrected chi connectivity index (χ1v) is 10.7. The fourth-order valence-electron chi connectivity index (χ4n) is 3.42. The molecule has 0 atom stereocenters. The van der Waals surface area contributed by atoms with E-state index in [2.05, 4.69) is 43.0 Å². The first-order chi connectivity index (χ1) is 12.6. The van der Waals surface area contributed by atoms with Crippen LogP contribution < -0.4 is 0 Å². The van der Waals surface area contributed by atoms with Gasteiger partial charge in [-0.1, -0.05) is 19.1 Å². The quantitative estimate of drug-likeness (QED) is 0.676. The summed E-state index contributed by atoms with van der Waals surface area (Å²) in [6.07, 6.45) is 1.000. The molecule has 1 amide bonds. The minimum atomic E-state index is 0.192. The summed E-state index contributed by atoms with van der Waals surface area (Å²) >= 11 is 3.42. The number of rotatable bonds is 4. The molecule has 0 radical (unpaired) electrons. The minimum Gasteiger partial charge on any atom is -0.335 e. The van der Waals surface area contributed by atoms with Gasteiger partial charge in [0.2, 0.25) is 0 Å². The third kappa shape index (κ3) is 3.54. The van der Waals surface area contributed by atoms with Crippen molar-refractivity contribution in [2.24, 2.45) is 0 Å². The Hall–Kier alpha value is -1.76. The van der Waals surface area contributed by atoms with Gasteiger partial charge in [-0.15, -0.1) is 22.7 Å². The van der Waals surface area contributed by atoms with Gasteiger partial charge < -0.3 is 4.90 Å². The van der Waals surface area contributed by atoms with Gasteiger partial charge in [-0.25, -0.2) is 4.98 Å². The fraction of sp³-hybridized carbons (Fsp3) is 0.400. The smallest absolute Gasteiger partial charge is 0.264 e. The maximum absolute atomic E-state index is 12.8. The van der Waals surface area contributed by atoms with E-state index < -0.39 is 0 Å². The fourth-order valence-corrected chi connectivity index (χ4v) is 5.51. The van der Waals surface area contributed by atoms with E-state index in [0.717, 1.165) is 54.5 Å². The number of thiazole rings is 1. The summed E-state index contributed by atoms with van der Waals surface area (Å²) in [6.45, 7) is 8.53. The summed E-state index contributed by atoms with van der Waals surface area (Å²) in [5.74, 6) is 0.192. The standard InChI is InChI=1S/C20H23N3OS2/c1-3-16-14(2)12-18(25-16)20(24)23-10-8-22(9-11-23)13-19-21-15-6-4-5-7-17(15)26-19/h4-7,12H,3,8-11,13H2,1-2H3. The molecule has 0 aliphatic carbocycles. The third-order valence-electron chi connectivity index (χ3n) is 4.91. The molecule has 2 aromatic heterocycles. The molecule has 0 N–H and O–H groups in total. The summed E-state index contributed by atoms with van der Waals surface area (Å²) in [6, 6.07) is 10.3. The zero-order valence-electron chi connectivity index (χ0n) is 15.2. The largest absolute Gasteiger partial charge is 0.335 e. The minimum absolute atomic E-state index is 0.192. The molecule has 4 rings (SSSR count). The van der Waals surface area contributed by atoms with Gasteiger partial charge in [-0.2, -0.15) is 0 Å². The zero-order valence-corrected chi connectivity index (χ0v) is 16.8. The Labute approximate surface area is 162 Å². The average molecular weight is 386 g/mol. The number of hydrogen-bond acceptors (Lipinski definition) is 5. The lowest BCUT2D eigenvalue weighted by Crippen LogP contribution is -2.48. The molecular weight excluding hydrogens is 362 g/mol. The monoisotopic (exact) mass is 385 g/mol. The molecule has 1 aliphatic rings. The van der Waals surface area contributed by atoms with Crippen molar-refractivity contribution in [3.8, 4) is 0 Å². The lowest BCUT2D eigenvalue weighted by molar-refractivity contribution is 0.0633. The Bertz CT molecular complexity index is 889. The van der Waals surface area contributed by atoms with E-state index in [9.17, 15) is 4.79 Å². The number of hydrogen-bond donors (Lipinski definition) is 0. The van der Waals surface area contributed by atoms with Crippen molar-refractivity contribution < 1.29 is 4.79 Å². The van der Waals surface area contributed by atoms with Gasteiger partial charge in [0.1, 0.15) is 5.01 Å². The maximum Gasteiger partial charge on any atom is 0.264 e. The Morgan fingerprint density at radius 1 is 1.15 bits per heavy atom. The lowest BCUT2D eigenvalue weighted by atomic mass is 10.2. The molecule has 3 heterocycles. The Morgan fingerprint density at radius 2 is 1.92 bits per heavy atom. The number of aryl methyl sites for hydroxylation is 2. The first-order valence-electron chi connectivity index (χ1n) is 9.09. The van der Waals surface area contributed by atoms with Crippen LogP contribution in [0.25, 0.3) is 10.2 Å². The molecule has 1 aromatic carbocycles. The number of fused-ring (bicyclic) bond motifs is 1. The van der Waals surface area contributed by atoms with Gasteiger partial charge in [-0.3, -0.25) is 9.69 Å². The number of piperazine rings is 1. The van der Waals surface area contributed by atoms with E-state index in [4.69, 9.17) is 4.98 Å². The second-order valence-corrected chi connectivity index (χ2v) is 8.97. The van der Waals surface area contributed by atoms with E-state index in [1.54, 1.807) is 22.7 Å². The van der Waals surface area contributed by atoms with Crippen molar-refractivity contribution in [2.45, 2.75) is 26.8 Å². The van der Waals surface area contributed by atoms with Crippen LogP contribution >= 0.6 is 22.7 Å². The van der Waals surface area contributed by atoms with E-state index in [1.807, 2.05) is 11.0 Å². The van der Waals surface area contributed by atoms with Crippen LogP contribution in [0.2, 0.25) is 0 Å². The van der Waals surface area contributed by atoms with E-state index in [0.29, 0.717) is 0 Å². The van der Waals surface area contributed by atoms with Crippen LogP contribution in [-0.2, 0) is 13.0 Å². The van der Waals surface area contributed by atoms with Gasteiger partial charge in [0.05, 0.1) is 21.6 Å². The summed E-state index contributed by atoms with van der Waals surface area (Å²) < 4.78 is 1.25. The second-order valence-electron chi connectivity index (χ2n) is 6.71. The van der Waals surface area contributed by atoms with Crippen LogP contribution in [0.15, 0.2) is 30.3 Å². The van der Waals surface area contributed by atoms with Crippen molar-refractivity contribution in [3.63, 3.8) is 0 Å². The highest BCUT2D eigenvalue weighted by Gasteiger charge is 2.24. The van der Waals surface area contributed by atoms with Crippen molar-refractivity contribution in [1.29, 1.82) is 0 Å². The van der Waals surface area contributed by atoms with Crippen molar-refractivity contribution in [3.05, 3.63) is 50.7 Å². The number of aromatic nitrogens is 1. The van der Waals surface area contributed by atoms with Gasteiger partial charge in [0, 0.05) is 31.1 Å². The molecule has 6 heteroatoms. The van der Waals surface area contributed by atoms with Crippen LogP contribution in [-0.4, -0.2) is 46.9 Å². The van der Waals surface area contributed by atoms with Crippen LogP contribution in [0, 0.1) is 6.92 Å². The lowest BCUT2D eigenvalue weighted by Gasteiger charge is -2.34. The van der Waals surface area contributed by atoms with Gasteiger partial charge >= 0.3 is 0 Å². The average Bonchev–Trinajstić information content (AvgIpc) is 3.24. The number of nitrogens with zero attached hydrogens (tertiary/aromatic N) is 3. The summed E-state index contributed by atoms with van der Waals surface area (Å²) in [4.78, 5) is 24.1. The molecule has 1 saturated heterocycles. The van der Waals surface area contributed by atoms with Crippen LogP contribution in [0.4, 0.5) is 0 Å². The molecule has 0 saturated carbocycles. The van der Waals surface area contributed by atoms with Crippen LogP contribution in [0.1, 0.15) is 32.0 Å². The molecule has 0 unspecified atom stereocenters. The molecule has 0 spiro atoms. The molecule has 26 heavy (non-hydrogen) atoms. The number of carbonyl (C=O) groups is 1. The molecule has 0 bridgehead atoms. The Morgan fingerprint density at radius 3 is 2.62 bits per heavy atom. The number of carbonyl (C=O) groups excluding carboxylic acids is 1. The maximum atomic E-state index is 12.8. The summed E-state index contributed by atoms with van der Waals surface area (Å²) in [7, 11) is 0. The third-order valence-corrected chi connectivity index (χ3v) is 7.30. The van der Waals surface area contributed by atoms with Crippen molar-refractivity contribution in [1.82, 2.24) is 14.8 Å². The topological polar surface area (TPSA) is 36.4 Å². The zero-order chi connectivity index (χ0) is 18.1. The predicted octanol–water partition coefficient (Wildman–Crippen LogP) is 4.19. The number of para-hydroxylation sites is 1. The van der Waals surface area contributed by atoms with Crippen molar-refractivity contribution in [2.75, 3.05) is 26.2 Å². The highest BCUT2D eigenvalue weighted by molar-refractivity contribution is 7.18. The van der Waals surface area contributed by atoms with E-state index >= 15 is 0 Å². The normalized spacial score (nSPS) is 15.7.